The lowest BCUT2D eigenvalue weighted by atomic mass is 9.92. The fraction of sp³-hybridized carbons (Fsp3) is 0.400. The van der Waals surface area contributed by atoms with Crippen LogP contribution in [0.2, 0.25) is 0 Å². The van der Waals surface area contributed by atoms with Crippen molar-refractivity contribution in [3.05, 3.63) is 71.3 Å². The molecule has 0 aliphatic carbocycles. The zero-order valence-corrected chi connectivity index (χ0v) is 11.9. The van der Waals surface area contributed by atoms with Crippen molar-refractivity contribution in [3.63, 3.8) is 0 Å². The molecule has 0 heterocycles. The fourth-order valence-corrected chi connectivity index (χ4v) is 2.14. The van der Waals surface area contributed by atoms with Gasteiger partial charge in [-0.2, -0.15) is 0 Å². The van der Waals surface area contributed by atoms with E-state index < -0.39 is 0 Å². The Morgan fingerprint density at radius 2 is 1.80 bits per heavy atom. The molecule has 20 heavy (non-hydrogen) atoms. The zero-order valence-electron chi connectivity index (χ0n) is 11.9. The Morgan fingerprint density at radius 3 is 2.30 bits per heavy atom. The summed E-state index contributed by atoms with van der Waals surface area (Å²) in [6.45, 7) is 14.5. The summed E-state index contributed by atoms with van der Waals surface area (Å²) in [5.41, 5.74) is 6.66. The third kappa shape index (κ3) is 5.61. The van der Waals surface area contributed by atoms with Gasteiger partial charge in [0.2, 0.25) is 0 Å². The number of benzene rings is 1. The largest absolute Gasteiger partial charge is 0.0988 e. The smallest absolute Gasteiger partial charge is 0.0233 e. The average Bonchev–Trinajstić information content (AvgIpc) is 2.40. The normalized spacial score (nSPS) is 10.8. The molecule has 0 bridgehead atoms. The van der Waals surface area contributed by atoms with Crippen molar-refractivity contribution >= 4 is 0 Å². The molecule has 112 valence electrons. The number of hydrogen-bond acceptors (Lipinski definition) is 0. The third-order valence-electron chi connectivity index (χ3n) is 3.54. The molecule has 0 saturated heterocycles. The van der Waals surface area contributed by atoms with Gasteiger partial charge in [-0.05, 0) is 55.4 Å². The molecule has 0 N–H and O–H groups in total. The quantitative estimate of drug-likeness (QED) is 0.507. The van der Waals surface area contributed by atoms with Crippen LogP contribution in [0, 0.1) is 6.92 Å². The van der Waals surface area contributed by atoms with E-state index in [2.05, 4.69) is 58.2 Å². The Hall–Kier alpha value is -1.56. The van der Waals surface area contributed by atoms with E-state index >= 15 is 0 Å². The molecular formula is C20H32. The lowest BCUT2D eigenvalue weighted by molar-refractivity contribution is 0.908. The van der Waals surface area contributed by atoms with E-state index in [4.69, 9.17) is 0 Å². The van der Waals surface area contributed by atoms with Crippen molar-refractivity contribution in [1.82, 2.24) is 0 Å². The number of hydrogen-bond donors (Lipinski definition) is 0. The van der Waals surface area contributed by atoms with Gasteiger partial charge >= 0.3 is 0 Å². The molecule has 0 unspecified atom stereocenters. The second-order valence-electron chi connectivity index (χ2n) is 4.75. The number of rotatable bonds is 6. The predicted octanol–water partition coefficient (Wildman–Crippen LogP) is 6.67. The summed E-state index contributed by atoms with van der Waals surface area (Å²) < 4.78 is 0. The van der Waals surface area contributed by atoms with Crippen LogP contribution in [-0.4, -0.2) is 0 Å². The van der Waals surface area contributed by atoms with Crippen LogP contribution in [0.1, 0.15) is 52.7 Å². The van der Waals surface area contributed by atoms with Crippen molar-refractivity contribution in [2.24, 2.45) is 0 Å². The maximum Gasteiger partial charge on any atom is -0.0233 e. The van der Waals surface area contributed by atoms with Crippen LogP contribution in [0.25, 0.3) is 0 Å². The van der Waals surface area contributed by atoms with Gasteiger partial charge in [0.15, 0.2) is 0 Å². The predicted molar refractivity (Wildman–Crippen MR) is 95.3 cm³/mol. The van der Waals surface area contributed by atoms with E-state index in [0.29, 0.717) is 0 Å². The molecule has 0 saturated carbocycles. The zero-order chi connectivity index (χ0) is 13.5. The first-order chi connectivity index (χ1) is 8.60. The first kappa shape index (κ1) is 20.8. The van der Waals surface area contributed by atoms with Gasteiger partial charge in [-0.15, -0.1) is 0 Å². The summed E-state index contributed by atoms with van der Waals surface area (Å²) in [7, 11) is 0. The van der Waals surface area contributed by atoms with E-state index in [1.54, 1.807) is 0 Å². The summed E-state index contributed by atoms with van der Waals surface area (Å²) in [4.78, 5) is 0. The van der Waals surface area contributed by atoms with Crippen LogP contribution < -0.4 is 0 Å². The Labute approximate surface area is 126 Å². The molecule has 0 nitrogen and oxygen atoms in total. The van der Waals surface area contributed by atoms with Gasteiger partial charge in [0.25, 0.3) is 0 Å². The first-order valence-electron chi connectivity index (χ1n) is 6.65. The monoisotopic (exact) mass is 272 g/mol. The van der Waals surface area contributed by atoms with Gasteiger partial charge in [-0.3, -0.25) is 0 Å². The third-order valence-corrected chi connectivity index (χ3v) is 3.54. The number of aryl methyl sites for hydroxylation is 2. The SMILES string of the molecule is C.C.C=C/C(C)=C(/CCc1ccccc1C)C(=C)CC. The van der Waals surface area contributed by atoms with E-state index in [1.807, 2.05) is 6.08 Å². The van der Waals surface area contributed by atoms with Gasteiger partial charge in [-0.25, -0.2) is 0 Å². The lowest BCUT2D eigenvalue weighted by Crippen LogP contribution is -1.96. The van der Waals surface area contributed by atoms with Crippen LogP contribution in [-0.2, 0) is 6.42 Å². The molecular weight excluding hydrogens is 240 g/mol. The molecule has 0 aliphatic rings. The molecule has 1 aromatic carbocycles. The first-order valence-corrected chi connectivity index (χ1v) is 6.65. The highest BCUT2D eigenvalue weighted by atomic mass is 14.1. The van der Waals surface area contributed by atoms with Gasteiger partial charge in [0.1, 0.15) is 0 Å². The summed E-state index contributed by atoms with van der Waals surface area (Å²) in [5, 5.41) is 0. The fourth-order valence-electron chi connectivity index (χ4n) is 2.14. The maximum absolute atomic E-state index is 4.17. The molecule has 0 fully saturated rings. The van der Waals surface area contributed by atoms with Gasteiger partial charge in [0.05, 0.1) is 0 Å². The second kappa shape index (κ2) is 10.3. The molecule has 1 aromatic rings. The van der Waals surface area contributed by atoms with Crippen LogP contribution in [0.5, 0.6) is 0 Å². The van der Waals surface area contributed by atoms with Gasteiger partial charge in [-0.1, -0.05) is 70.8 Å². The van der Waals surface area contributed by atoms with Gasteiger partial charge < -0.3 is 0 Å². The standard InChI is InChI=1S/C18H24.2CH4/c1-6-14(3)18(15(4)7-2)13-12-17-11-9-8-10-16(17)5;;/h6,8-11H,1,4,7,12-13H2,2-3,5H3;2*1H4/b18-14-;;. The summed E-state index contributed by atoms with van der Waals surface area (Å²) in [5.74, 6) is 0. The van der Waals surface area contributed by atoms with Crippen molar-refractivity contribution < 1.29 is 0 Å². The van der Waals surface area contributed by atoms with Crippen molar-refractivity contribution in [2.45, 2.75) is 54.9 Å². The highest BCUT2D eigenvalue weighted by Gasteiger charge is 2.06. The molecule has 0 radical (unpaired) electrons. The summed E-state index contributed by atoms with van der Waals surface area (Å²) >= 11 is 0. The van der Waals surface area contributed by atoms with Gasteiger partial charge in [0, 0.05) is 0 Å². The molecule has 0 aromatic heterocycles. The second-order valence-corrected chi connectivity index (χ2v) is 4.75. The average molecular weight is 272 g/mol. The molecule has 0 spiro atoms. The van der Waals surface area contributed by atoms with E-state index in [-0.39, 0.29) is 14.9 Å². The number of allylic oxidation sites excluding steroid dienone is 4. The summed E-state index contributed by atoms with van der Waals surface area (Å²) in [6.07, 6.45) is 5.07. The topological polar surface area (TPSA) is 0 Å². The Balaban J connectivity index is 0. The van der Waals surface area contributed by atoms with Crippen molar-refractivity contribution in [2.75, 3.05) is 0 Å². The van der Waals surface area contributed by atoms with Crippen LogP contribution in [0.3, 0.4) is 0 Å². The highest BCUT2D eigenvalue weighted by Crippen LogP contribution is 2.23. The van der Waals surface area contributed by atoms with E-state index in [0.717, 1.165) is 19.3 Å². The molecule has 0 aliphatic heterocycles. The van der Waals surface area contributed by atoms with Crippen molar-refractivity contribution in [1.29, 1.82) is 0 Å². The van der Waals surface area contributed by atoms with Crippen LogP contribution >= 0.6 is 0 Å². The minimum atomic E-state index is 0. The maximum atomic E-state index is 4.17. The molecule has 1 rings (SSSR count). The van der Waals surface area contributed by atoms with Crippen LogP contribution in [0.15, 0.2) is 60.2 Å². The summed E-state index contributed by atoms with van der Waals surface area (Å²) in [6, 6.07) is 8.59. The van der Waals surface area contributed by atoms with E-state index in [1.165, 1.54) is 27.8 Å². The minimum Gasteiger partial charge on any atom is -0.0988 e. The Morgan fingerprint density at radius 1 is 1.20 bits per heavy atom. The Bertz CT molecular complexity index is 461. The molecule has 0 amide bonds. The van der Waals surface area contributed by atoms with Crippen molar-refractivity contribution in [3.8, 4) is 0 Å². The highest BCUT2D eigenvalue weighted by molar-refractivity contribution is 5.38. The Kier molecular flexibility index (Phi) is 10.6. The minimum absolute atomic E-state index is 0. The lowest BCUT2D eigenvalue weighted by Gasteiger charge is -2.13. The molecule has 0 atom stereocenters. The van der Waals surface area contributed by atoms with E-state index in [9.17, 15) is 0 Å². The van der Waals surface area contributed by atoms with Crippen LogP contribution in [0.4, 0.5) is 0 Å². The molecule has 0 heteroatoms.